The summed E-state index contributed by atoms with van der Waals surface area (Å²) in [5, 5.41) is 9.64. The molecule has 2 N–H and O–H groups in total. The third-order valence-corrected chi connectivity index (χ3v) is 4.05. The molecule has 0 spiro atoms. The summed E-state index contributed by atoms with van der Waals surface area (Å²) in [5.74, 6) is -0.0256. The molecule has 3 rings (SSSR count). The van der Waals surface area contributed by atoms with Crippen molar-refractivity contribution in [3.63, 3.8) is 0 Å². The number of aromatic amines is 1. The number of benzene rings is 1. The van der Waals surface area contributed by atoms with Crippen molar-refractivity contribution in [2.75, 3.05) is 23.3 Å². The number of rotatable bonds is 6. The van der Waals surface area contributed by atoms with Crippen LogP contribution >= 0.6 is 0 Å². The van der Waals surface area contributed by atoms with E-state index in [4.69, 9.17) is 0 Å². The van der Waals surface area contributed by atoms with E-state index in [1.54, 1.807) is 6.20 Å². The number of nitrogens with zero attached hydrogens (tertiary/aromatic N) is 2. The summed E-state index contributed by atoms with van der Waals surface area (Å²) in [5.41, 5.74) is 4.34. The molecule has 0 radical (unpaired) electrons. The van der Waals surface area contributed by atoms with Crippen LogP contribution in [0, 0.1) is 0 Å². The van der Waals surface area contributed by atoms with Gasteiger partial charge < -0.3 is 10.2 Å². The molecule has 1 aromatic heterocycles. The zero-order chi connectivity index (χ0) is 15.4. The highest BCUT2D eigenvalue weighted by Crippen LogP contribution is 2.31. The molecule has 1 amide bonds. The van der Waals surface area contributed by atoms with Crippen LogP contribution in [0.3, 0.4) is 0 Å². The van der Waals surface area contributed by atoms with Gasteiger partial charge in [-0.3, -0.25) is 9.89 Å². The summed E-state index contributed by atoms with van der Waals surface area (Å²) in [7, 11) is 0. The lowest BCUT2D eigenvalue weighted by Gasteiger charge is -2.19. The number of hydrogen-bond acceptors (Lipinski definition) is 3. The number of amides is 1. The van der Waals surface area contributed by atoms with Crippen molar-refractivity contribution in [3.05, 3.63) is 41.7 Å². The molecule has 0 atom stereocenters. The van der Waals surface area contributed by atoms with Crippen molar-refractivity contribution in [1.82, 2.24) is 10.2 Å². The molecular weight excluding hydrogens is 276 g/mol. The topological polar surface area (TPSA) is 61.0 Å². The quantitative estimate of drug-likeness (QED) is 0.862. The second kappa shape index (κ2) is 6.64. The summed E-state index contributed by atoms with van der Waals surface area (Å²) in [4.78, 5) is 14.5. The first-order chi connectivity index (χ1) is 10.8. The Kier molecular flexibility index (Phi) is 4.42. The fourth-order valence-corrected chi connectivity index (χ4v) is 2.87. The standard InChI is InChI=1S/C17H22N4O/c1-2-3-9-21-10-7-13-4-5-14(11-16(13)21)19-17(22)12-15-6-8-18-20-15/h4-6,8,11H,2-3,7,9-10,12H2,1H3,(H,18,20)(H,19,22). The molecule has 1 aliphatic heterocycles. The van der Waals surface area contributed by atoms with Crippen LogP contribution in [-0.2, 0) is 17.6 Å². The largest absolute Gasteiger partial charge is 0.371 e. The molecule has 5 nitrogen and oxygen atoms in total. The maximum atomic E-state index is 12.1. The Morgan fingerprint density at radius 3 is 3.09 bits per heavy atom. The molecule has 2 aromatic rings. The molecule has 22 heavy (non-hydrogen) atoms. The number of unbranched alkanes of at least 4 members (excludes halogenated alkanes) is 1. The number of nitrogens with one attached hydrogen (secondary N) is 2. The van der Waals surface area contributed by atoms with Crippen molar-refractivity contribution >= 4 is 17.3 Å². The minimum atomic E-state index is -0.0256. The number of carbonyl (C=O) groups excluding carboxylic acids is 1. The molecule has 0 unspecified atom stereocenters. The minimum absolute atomic E-state index is 0.0256. The Morgan fingerprint density at radius 1 is 1.41 bits per heavy atom. The van der Waals surface area contributed by atoms with Crippen LogP contribution < -0.4 is 10.2 Å². The van der Waals surface area contributed by atoms with E-state index in [1.165, 1.54) is 24.1 Å². The van der Waals surface area contributed by atoms with Gasteiger partial charge in [0.1, 0.15) is 0 Å². The average Bonchev–Trinajstić information content (AvgIpc) is 3.14. The van der Waals surface area contributed by atoms with Gasteiger partial charge in [0.05, 0.1) is 6.42 Å². The van der Waals surface area contributed by atoms with Gasteiger partial charge in [0, 0.05) is 36.4 Å². The minimum Gasteiger partial charge on any atom is -0.371 e. The molecule has 116 valence electrons. The Morgan fingerprint density at radius 2 is 2.32 bits per heavy atom. The summed E-state index contributed by atoms with van der Waals surface area (Å²) in [6, 6.07) is 8.04. The fraction of sp³-hybridized carbons (Fsp3) is 0.412. The monoisotopic (exact) mass is 298 g/mol. The van der Waals surface area contributed by atoms with Crippen LogP contribution in [0.2, 0.25) is 0 Å². The molecule has 1 aliphatic rings. The highest BCUT2D eigenvalue weighted by molar-refractivity contribution is 5.92. The lowest BCUT2D eigenvalue weighted by atomic mass is 10.1. The normalized spacial score (nSPS) is 13.2. The summed E-state index contributed by atoms with van der Waals surface area (Å²) >= 11 is 0. The van der Waals surface area contributed by atoms with E-state index < -0.39 is 0 Å². The van der Waals surface area contributed by atoms with Crippen LogP contribution in [0.4, 0.5) is 11.4 Å². The second-order valence-corrected chi connectivity index (χ2v) is 5.74. The van der Waals surface area contributed by atoms with E-state index in [1.807, 2.05) is 12.1 Å². The first-order valence-electron chi connectivity index (χ1n) is 7.92. The van der Waals surface area contributed by atoms with E-state index >= 15 is 0 Å². The van der Waals surface area contributed by atoms with Crippen molar-refractivity contribution in [1.29, 1.82) is 0 Å². The maximum absolute atomic E-state index is 12.1. The van der Waals surface area contributed by atoms with Crippen molar-refractivity contribution in [3.8, 4) is 0 Å². The van der Waals surface area contributed by atoms with Crippen molar-refractivity contribution in [2.45, 2.75) is 32.6 Å². The first-order valence-corrected chi connectivity index (χ1v) is 7.92. The average molecular weight is 298 g/mol. The van der Waals surface area contributed by atoms with Gasteiger partial charge in [-0.2, -0.15) is 5.10 Å². The highest BCUT2D eigenvalue weighted by Gasteiger charge is 2.19. The molecule has 0 aliphatic carbocycles. The number of hydrogen-bond donors (Lipinski definition) is 2. The lowest BCUT2D eigenvalue weighted by Crippen LogP contribution is -2.21. The van der Waals surface area contributed by atoms with Crippen LogP contribution in [-0.4, -0.2) is 29.2 Å². The predicted molar refractivity (Wildman–Crippen MR) is 88.2 cm³/mol. The third-order valence-electron chi connectivity index (χ3n) is 4.05. The number of carbonyl (C=O) groups is 1. The molecular formula is C17H22N4O. The molecule has 5 heteroatoms. The lowest BCUT2D eigenvalue weighted by molar-refractivity contribution is -0.115. The smallest absolute Gasteiger partial charge is 0.230 e. The van der Waals surface area contributed by atoms with E-state index in [9.17, 15) is 4.79 Å². The number of anilines is 2. The maximum Gasteiger partial charge on any atom is 0.230 e. The Balaban J connectivity index is 1.66. The first kappa shape index (κ1) is 14.6. The van der Waals surface area contributed by atoms with Crippen LogP contribution in [0.5, 0.6) is 0 Å². The van der Waals surface area contributed by atoms with Gasteiger partial charge in [0.25, 0.3) is 0 Å². The number of aromatic nitrogens is 2. The molecule has 0 fully saturated rings. The van der Waals surface area contributed by atoms with Gasteiger partial charge >= 0.3 is 0 Å². The summed E-state index contributed by atoms with van der Waals surface area (Å²) in [6.07, 6.45) is 5.48. The zero-order valence-electron chi connectivity index (χ0n) is 12.9. The molecule has 0 saturated carbocycles. The van der Waals surface area contributed by atoms with E-state index in [0.717, 1.165) is 30.9 Å². The Labute approximate surface area is 130 Å². The number of fused-ring (bicyclic) bond motifs is 1. The van der Waals surface area contributed by atoms with Gasteiger partial charge in [0.15, 0.2) is 0 Å². The van der Waals surface area contributed by atoms with Crippen LogP contribution in [0.1, 0.15) is 31.0 Å². The van der Waals surface area contributed by atoms with Gasteiger partial charge in [-0.25, -0.2) is 0 Å². The van der Waals surface area contributed by atoms with Crippen molar-refractivity contribution in [2.24, 2.45) is 0 Å². The number of H-pyrrole nitrogens is 1. The van der Waals surface area contributed by atoms with Crippen molar-refractivity contribution < 1.29 is 4.79 Å². The second-order valence-electron chi connectivity index (χ2n) is 5.74. The van der Waals surface area contributed by atoms with E-state index in [2.05, 4.69) is 39.5 Å². The highest BCUT2D eigenvalue weighted by atomic mass is 16.1. The molecule has 0 bridgehead atoms. The van der Waals surface area contributed by atoms with Crippen LogP contribution in [0.15, 0.2) is 30.5 Å². The predicted octanol–water partition coefficient (Wildman–Crippen LogP) is 2.75. The molecule has 1 aromatic carbocycles. The third kappa shape index (κ3) is 3.30. The van der Waals surface area contributed by atoms with Gasteiger partial charge in [-0.1, -0.05) is 19.4 Å². The van der Waals surface area contributed by atoms with E-state index in [-0.39, 0.29) is 5.91 Å². The summed E-state index contributed by atoms with van der Waals surface area (Å²) < 4.78 is 0. The fourth-order valence-electron chi connectivity index (χ4n) is 2.87. The molecule has 2 heterocycles. The Bertz CT molecular complexity index is 636. The van der Waals surface area contributed by atoms with E-state index in [0.29, 0.717) is 6.42 Å². The van der Waals surface area contributed by atoms with Crippen LogP contribution in [0.25, 0.3) is 0 Å². The van der Waals surface area contributed by atoms with Gasteiger partial charge in [0.2, 0.25) is 5.91 Å². The van der Waals surface area contributed by atoms with Gasteiger partial charge in [-0.15, -0.1) is 0 Å². The zero-order valence-corrected chi connectivity index (χ0v) is 12.9. The SMILES string of the molecule is CCCCN1CCc2ccc(NC(=O)Cc3ccn[nH]3)cc21. The summed E-state index contributed by atoms with van der Waals surface area (Å²) in [6.45, 7) is 4.39. The van der Waals surface area contributed by atoms with Gasteiger partial charge in [-0.05, 0) is 36.6 Å². The molecule has 0 saturated heterocycles. The Hall–Kier alpha value is -2.30.